The molecule has 0 spiro atoms. The number of para-hydroxylation sites is 3. The molecule has 0 saturated carbocycles. The van der Waals surface area contributed by atoms with Crippen molar-refractivity contribution in [3.05, 3.63) is 48.0 Å². The van der Waals surface area contributed by atoms with Gasteiger partial charge in [0, 0.05) is 32.2 Å². The first-order valence-corrected chi connectivity index (χ1v) is 10.9. The third kappa shape index (κ3) is 5.96. The maximum absolute atomic E-state index is 10.3. The molecule has 1 saturated heterocycles. The number of hydrogen-bond acceptors (Lipinski definition) is 5. The first-order valence-electron chi connectivity index (χ1n) is 10.9. The van der Waals surface area contributed by atoms with Crippen molar-refractivity contribution >= 4 is 11.6 Å². The smallest absolute Gasteiger partial charge is 0.191 e. The molecule has 0 bridgehead atoms. The van der Waals surface area contributed by atoms with Gasteiger partial charge in [-0.2, -0.15) is 0 Å². The van der Waals surface area contributed by atoms with E-state index in [1.807, 2.05) is 24.3 Å². The lowest BCUT2D eigenvalue weighted by Crippen LogP contribution is -2.51. The van der Waals surface area contributed by atoms with E-state index < -0.39 is 0 Å². The molecule has 7 heteroatoms. The van der Waals surface area contributed by atoms with Gasteiger partial charge in [0.1, 0.15) is 5.75 Å². The summed E-state index contributed by atoms with van der Waals surface area (Å²) in [5.74, 6) is 2.39. The second kappa shape index (κ2) is 11.3. The van der Waals surface area contributed by atoms with Crippen LogP contribution < -0.4 is 25.0 Å². The van der Waals surface area contributed by atoms with E-state index in [2.05, 4.69) is 34.6 Å². The summed E-state index contributed by atoms with van der Waals surface area (Å²) in [7, 11) is 3.28. The zero-order chi connectivity index (χ0) is 22.1. The lowest BCUT2D eigenvalue weighted by molar-refractivity contribution is 0.370. The number of rotatable bonds is 8. The van der Waals surface area contributed by atoms with Crippen molar-refractivity contribution in [3.8, 4) is 17.2 Å². The normalized spacial score (nSPS) is 16.7. The summed E-state index contributed by atoms with van der Waals surface area (Å²) in [4.78, 5) is 7.10. The highest BCUT2D eigenvalue weighted by Gasteiger charge is 2.22. The third-order valence-corrected chi connectivity index (χ3v) is 5.49. The predicted octanol–water partition coefficient (Wildman–Crippen LogP) is 3.18. The maximum atomic E-state index is 10.3. The second-order valence-electron chi connectivity index (χ2n) is 7.58. The summed E-state index contributed by atoms with van der Waals surface area (Å²) < 4.78 is 10.7. The van der Waals surface area contributed by atoms with Crippen LogP contribution in [0.4, 0.5) is 5.69 Å². The van der Waals surface area contributed by atoms with E-state index >= 15 is 0 Å². The van der Waals surface area contributed by atoms with Crippen molar-refractivity contribution in [2.45, 2.75) is 32.2 Å². The number of benzene rings is 2. The number of ether oxygens (including phenoxy) is 2. The molecule has 0 aliphatic carbocycles. The number of hydrogen-bond donors (Lipinski definition) is 3. The fourth-order valence-electron chi connectivity index (χ4n) is 3.94. The van der Waals surface area contributed by atoms with E-state index in [-0.39, 0.29) is 5.75 Å². The lowest BCUT2D eigenvalue weighted by atomic mass is 10.0. The minimum absolute atomic E-state index is 0.192. The Labute approximate surface area is 185 Å². The van der Waals surface area contributed by atoms with Crippen molar-refractivity contribution in [2.75, 3.05) is 45.3 Å². The van der Waals surface area contributed by atoms with Crippen molar-refractivity contribution in [2.24, 2.45) is 4.99 Å². The average molecular weight is 427 g/mol. The Bertz CT molecular complexity index is 872. The standard InChI is InChI=1S/C24H34N4O3/c1-4-25-24(26-15-14-18-9-7-13-22(31-3)23(18)29)27-19-10-8-16-28(17-19)20-11-5-6-12-21(20)30-2/h5-7,9,11-13,19,29H,4,8,10,14-17H2,1-3H3,(H2,25,26,27). The molecule has 3 rings (SSSR count). The number of phenols is 1. The molecule has 3 N–H and O–H groups in total. The van der Waals surface area contributed by atoms with Crippen LogP contribution >= 0.6 is 0 Å². The number of phenolic OH excluding ortho intramolecular Hbond substituents is 1. The molecule has 2 aromatic carbocycles. The molecule has 31 heavy (non-hydrogen) atoms. The molecule has 0 radical (unpaired) electrons. The summed E-state index contributed by atoms with van der Waals surface area (Å²) in [6, 6.07) is 14.0. The Balaban J connectivity index is 1.62. The largest absolute Gasteiger partial charge is 0.504 e. The van der Waals surface area contributed by atoms with Crippen LogP contribution in [0.5, 0.6) is 17.2 Å². The molecular weight excluding hydrogens is 392 g/mol. The summed E-state index contributed by atoms with van der Waals surface area (Å²) >= 11 is 0. The van der Waals surface area contributed by atoms with Gasteiger partial charge in [0.05, 0.1) is 19.9 Å². The van der Waals surface area contributed by atoms with Gasteiger partial charge in [0.25, 0.3) is 0 Å². The van der Waals surface area contributed by atoms with E-state index in [1.54, 1.807) is 20.3 Å². The summed E-state index contributed by atoms with van der Waals surface area (Å²) in [5, 5.41) is 17.2. The van der Waals surface area contributed by atoms with Crippen molar-refractivity contribution in [1.82, 2.24) is 10.6 Å². The number of nitrogens with one attached hydrogen (secondary N) is 2. The van der Waals surface area contributed by atoms with Crippen LogP contribution in [0.1, 0.15) is 25.3 Å². The molecule has 1 heterocycles. The van der Waals surface area contributed by atoms with Gasteiger partial charge in [-0.05, 0) is 49.9 Å². The number of piperidine rings is 1. The molecule has 0 amide bonds. The molecule has 1 atom stereocenters. The van der Waals surface area contributed by atoms with Gasteiger partial charge < -0.3 is 30.1 Å². The van der Waals surface area contributed by atoms with Crippen molar-refractivity contribution in [3.63, 3.8) is 0 Å². The van der Waals surface area contributed by atoms with E-state index in [9.17, 15) is 5.11 Å². The maximum Gasteiger partial charge on any atom is 0.191 e. The monoisotopic (exact) mass is 426 g/mol. The van der Waals surface area contributed by atoms with Crippen LogP contribution in [0.25, 0.3) is 0 Å². The highest BCUT2D eigenvalue weighted by Crippen LogP contribution is 2.30. The zero-order valence-corrected chi connectivity index (χ0v) is 18.7. The van der Waals surface area contributed by atoms with E-state index in [0.717, 1.165) is 55.4 Å². The fourth-order valence-corrected chi connectivity index (χ4v) is 3.94. The fraction of sp³-hybridized carbons (Fsp3) is 0.458. The van der Waals surface area contributed by atoms with Gasteiger partial charge in [0.15, 0.2) is 17.5 Å². The molecule has 168 valence electrons. The summed E-state index contributed by atoms with van der Waals surface area (Å²) in [6.07, 6.45) is 2.83. The van der Waals surface area contributed by atoms with Crippen LogP contribution in [0.15, 0.2) is 47.5 Å². The van der Waals surface area contributed by atoms with Crippen molar-refractivity contribution in [1.29, 1.82) is 0 Å². The van der Waals surface area contributed by atoms with Gasteiger partial charge in [-0.25, -0.2) is 0 Å². The molecule has 0 aromatic heterocycles. The minimum Gasteiger partial charge on any atom is -0.504 e. The van der Waals surface area contributed by atoms with Gasteiger partial charge >= 0.3 is 0 Å². The number of aliphatic imine (C=N–C) groups is 1. The van der Waals surface area contributed by atoms with Crippen LogP contribution in [0.2, 0.25) is 0 Å². The molecular formula is C24H34N4O3. The van der Waals surface area contributed by atoms with Gasteiger partial charge in [-0.1, -0.05) is 24.3 Å². The highest BCUT2D eigenvalue weighted by molar-refractivity contribution is 5.80. The molecule has 1 aliphatic heterocycles. The highest BCUT2D eigenvalue weighted by atomic mass is 16.5. The topological polar surface area (TPSA) is 78.4 Å². The van der Waals surface area contributed by atoms with Crippen LogP contribution in [-0.2, 0) is 6.42 Å². The second-order valence-corrected chi connectivity index (χ2v) is 7.58. The first-order chi connectivity index (χ1) is 15.2. The van der Waals surface area contributed by atoms with Gasteiger partial charge in [-0.15, -0.1) is 0 Å². The minimum atomic E-state index is 0.192. The number of aromatic hydroxyl groups is 1. The number of guanidine groups is 1. The zero-order valence-electron chi connectivity index (χ0n) is 18.7. The molecule has 1 unspecified atom stereocenters. The van der Waals surface area contributed by atoms with E-state index in [4.69, 9.17) is 14.5 Å². The van der Waals surface area contributed by atoms with Gasteiger partial charge in [-0.3, -0.25) is 4.99 Å². The van der Waals surface area contributed by atoms with Crippen LogP contribution in [0.3, 0.4) is 0 Å². The Morgan fingerprint density at radius 2 is 1.90 bits per heavy atom. The Kier molecular flexibility index (Phi) is 8.27. The quantitative estimate of drug-likeness (QED) is 0.445. The molecule has 1 fully saturated rings. The Hall–Kier alpha value is -3.09. The molecule has 1 aliphatic rings. The average Bonchev–Trinajstić information content (AvgIpc) is 2.80. The van der Waals surface area contributed by atoms with E-state index in [0.29, 0.717) is 24.8 Å². The number of anilines is 1. The molecule has 7 nitrogen and oxygen atoms in total. The SMILES string of the molecule is CCNC(=NCCc1cccc(OC)c1O)NC1CCCN(c2ccccc2OC)C1. The summed E-state index contributed by atoms with van der Waals surface area (Å²) in [6.45, 7) is 5.33. The predicted molar refractivity (Wildman–Crippen MR) is 126 cm³/mol. The third-order valence-electron chi connectivity index (χ3n) is 5.49. The molecule has 2 aromatic rings. The number of nitrogens with zero attached hydrogens (tertiary/aromatic N) is 2. The van der Waals surface area contributed by atoms with E-state index in [1.165, 1.54) is 0 Å². The Morgan fingerprint density at radius 1 is 1.13 bits per heavy atom. The summed E-state index contributed by atoms with van der Waals surface area (Å²) in [5.41, 5.74) is 1.96. The van der Waals surface area contributed by atoms with Crippen LogP contribution in [-0.4, -0.2) is 57.5 Å². The van der Waals surface area contributed by atoms with Gasteiger partial charge in [0.2, 0.25) is 0 Å². The number of methoxy groups -OCH3 is 2. The van der Waals surface area contributed by atoms with Crippen LogP contribution in [0, 0.1) is 0 Å². The first kappa shape index (κ1) is 22.6. The Morgan fingerprint density at radius 3 is 2.68 bits per heavy atom. The lowest BCUT2D eigenvalue weighted by Gasteiger charge is -2.36. The van der Waals surface area contributed by atoms with Crippen molar-refractivity contribution < 1.29 is 14.6 Å².